The maximum absolute atomic E-state index is 8.94. The van der Waals surface area contributed by atoms with Crippen molar-refractivity contribution in [3.05, 3.63) is 29.8 Å². The zero-order valence-electron chi connectivity index (χ0n) is 12.1. The molecule has 0 aliphatic rings. The highest BCUT2D eigenvalue weighted by Crippen LogP contribution is 2.26. The van der Waals surface area contributed by atoms with E-state index >= 15 is 0 Å². The van der Waals surface area contributed by atoms with Crippen LogP contribution in [0.5, 0.6) is 5.75 Å². The van der Waals surface area contributed by atoms with Gasteiger partial charge in [0.05, 0.1) is 18.1 Å². The number of rotatable bonds is 4. The first-order chi connectivity index (χ1) is 8.24. The van der Waals surface area contributed by atoms with E-state index in [4.69, 9.17) is 10.00 Å². The van der Waals surface area contributed by atoms with Crippen molar-refractivity contribution >= 4 is 0 Å². The van der Waals surface area contributed by atoms with Crippen LogP contribution in [0.2, 0.25) is 0 Å². The van der Waals surface area contributed by atoms with Crippen molar-refractivity contribution < 1.29 is 4.74 Å². The van der Waals surface area contributed by atoms with Crippen LogP contribution < -0.4 is 4.74 Å². The Morgan fingerprint density at radius 2 is 1.83 bits per heavy atom. The summed E-state index contributed by atoms with van der Waals surface area (Å²) in [7, 11) is 0. The summed E-state index contributed by atoms with van der Waals surface area (Å²) >= 11 is 0. The van der Waals surface area contributed by atoms with E-state index in [1.807, 2.05) is 26.0 Å². The van der Waals surface area contributed by atoms with Crippen LogP contribution >= 0.6 is 0 Å². The number of nitrogens with zero attached hydrogens (tertiary/aromatic N) is 1. The standard InChI is InChI=1S/C16H23NO/c1-15(2,3)13-7-6-8-14(11-13)18-10-9-16(4,5)12-17/h6-8,11H,9-10H2,1-5H3. The Morgan fingerprint density at radius 3 is 2.39 bits per heavy atom. The zero-order valence-corrected chi connectivity index (χ0v) is 12.1. The molecule has 0 unspecified atom stereocenters. The fourth-order valence-electron chi connectivity index (χ4n) is 1.53. The molecule has 1 aromatic carbocycles. The van der Waals surface area contributed by atoms with Crippen LogP contribution in [-0.4, -0.2) is 6.61 Å². The van der Waals surface area contributed by atoms with Gasteiger partial charge in [0.25, 0.3) is 0 Å². The molecule has 0 saturated heterocycles. The number of hydrogen-bond donors (Lipinski definition) is 0. The van der Waals surface area contributed by atoms with Gasteiger partial charge in [-0.3, -0.25) is 0 Å². The molecule has 0 amide bonds. The quantitative estimate of drug-likeness (QED) is 0.792. The zero-order chi connectivity index (χ0) is 13.8. The average molecular weight is 245 g/mol. The number of benzene rings is 1. The number of hydrogen-bond acceptors (Lipinski definition) is 2. The lowest BCUT2D eigenvalue weighted by atomic mass is 9.87. The van der Waals surface area contributed by atoms with Crippen molar-refractivity contribution in [1.29, 1.82) is 5.26 Å². The van der Waals surface area contributed by atoms with Crippen molar-refractivity contribution in [2.45, 2.75) is 46.5 Å². The van der Waals surface area contributed by atoms with Crippen LogP contribution in [0.3, 0.4) is 0 Å². The molecule has 0 fully saturated rings. The average Bonchev–Trinajstić information content (AvgIpc) is 2.28. The van der Waals surface area contributed by atoms with E-state index in [2.05, 4.69) is 39.0 Å². The Hall–Kier alpha value is -1.49. The lowest BCUT2D eigenvalue weighted by molar-refractivity contribution is 0.264. The van der Waals surface area contributed by atoms with Gasteiger partial charge in [0, 0.05) is 0 Å². The topological polar surface area (TPSA) is 33.0 Å². The minimum Gasteiger partial charge on any atom is -0.494 e. The smallest absolute Gasteiger partial charge is 0.119 e. The molecule has 0 N–H and O–H groups in total. The van der Waals surface area contributed by atoms with Crippen molar-refractivity contribution in [2.75, 3.05) is 6.61 Å². The molecule has 18 heavy (non-hydrogen) atoms. The van der Waals surface area contributed by atoms with Crippen LogP contribution in [0, 0.1) is 16.7 Å². The highest BCUT2D eigenvalue weighted by molar-refractivity contribution is 5.32. The van der Waals surface area contributed by atoms with E-state index in [1.165, 1.54) is 5.56 Å². The maximum Gasteiger partial charge on any atom is 0.119 e. The molecular weight excluding hydrogens is 222 g/mol. The van der Waals surface area contributed by atoms with Gasteiger partial charge in [-0.2, -0.15) is 5.26 Å². The summed E-state index contributed by atoms with van der Waals surface area (Å²) in [4.78, 5) is 0. The predicted molar refractivity (Wildman–Crippen MR) is 74.6 cm³/mol. The first-order valence-corrected chi connectivity index (χ1v) is 6.39. The molecule has 98 valence electrons. The van der Waals surface area contributed by atoms with E-state index in [0.717, 1.165) is 12.2 Å². The summed E-state index contributed by atoms with van der Waals surface area (Å²) in [5.74, 6) is 0.885. The molecule has 1 aromatic rings. The normalized spacial score (nSPS) is 12.0. The lowest BCUT2D eigenvalue weighted by Crippen LogP contribution is -2.14. The van der Waals surface area contributed by atoms with Gasteiger partial charge < -0.3 is 4.74 Å². The van der Waals surface area contributed by atoms with Crippen LogP contribution in [0.1, 0.15) is 46.6 Å². The molecule has 0 radical (unpaired) electrons. The Morgan fingerprint density at radius 1 is 1.17 bits per heavy atom. The third-order valence-corrected chi connectivity index (χ3v) is 3.00. The SMILES string of the molecule is CC(C)(C#N)CCOc1cccc(C(C)(C)C)c1. The number of nitriles is 1. The van der Waals surface area contributed by atoms with Crippen LogP contribution in [0.25, 0.3) is 0 Å². The minimum atomic E-state index is -0.318. The summed E-state index contributed by atoms with van der Waals surface area (Å²) in [6, 6.07) is 10.5. The van der Waals surface area contributed by atoms with Crippen LogP contribution in [0.15, 0.2) is 24.3 Å². The highest BCUT2D eigenvalue weighted by atomic mass is 16.5. The summed E-state index contributed by atoms with van der Waals surface area (Å²) in [5.41, 5.74) is 1.08. The molecule has 0 aliphatic heterocycles. The molecule has 2 nitrogen and oxygen atoms in total. The largest absolute Gasteiger partial charge is 0.494 e. The van der Waals surface area contributed by atoms with E-state index in [1.54, 1.807) is 0 Å². The molecule has 0 spiro atoms. The van der Waals surface area contributed by atoms with E-state index in [0.29, 0.717) is 6.61 Å². The van der Waals surface area contributed by atoms with Crippen molar-refractivity contribution in [3.8, 4) is 11.8 Å². The van der Waals surface area contributed by atoms with Gasteiger partial charge in [-0.15, -0.1) is 0 Å². The summed E-state index contributed by atoms with van der Waals surface area (Å²) < 4.78 is 5.73. The molecule has 1 rings (SSSR count). The molecule has 0 aromatic heterocycles. The van der Waals surface area contributed by atoms with Crippen molar-refractivity contribution in [1.82, 2.24) is 0 Å². The van der Waals surface area contributed by atoms with Gasteiger partial charge in [0.1, 0.15) is 5.75 Å². The second-order valence-corrected chi connectivity index (χ2v) is 6.37. The van der Waals surface area contributed by atoms with Gasteiger partial charge >= 0.3 is 0 Å². The molecular formula is C16H23NO. The highest BCUT2D eigenvalue weighted by Gasteiger charge is 2.17. The molecule has 0 bridgehead atoms. The van der Waals surface area contributed by atoms with E-state index < -0.39 is 0 Å². The number of ether oxygens (including phenoxy) is 1. The van der Waals surface area contributed by atoms with Gasteiger partial charge in [-0.05, 0) is 43.4 Å². The van der Waals surface area contributed by atoms with E-state index in [-0.39, 0.29) is 10.8 Å². The first kappa shape index (κ1) is 14.6. The molecule has 0 heterocycles. The van der Waals surface area contributed by atoms with E-state index in [9.17, 15) is 0 Å². The maximum atomic E-state index is 8.94. The Balaban J connectivity index is 2.62. The lowest BCUT2D eigenvalue weighted by Gasteiger charge is -2.20. The molecule has 0 saturated carbocycles. The second-order valence-electron chi connectivity index (χ2n) is 6.37. The summed E-state index contributed by atoms with van der Waals surface area (Å²) in [6.45, 7) is 11.0. The monoisotopic (exact) mass is 245 g/mol. The molecule has 0 aliphatic carbocycles. The van der Waals surface area contributed by atoms with Crippen LogP contribution in [-0.2, 0) is 5.41 Å². The van der Waals surface area contributed by atoms with Gasteiger partial charge in [0.2, 0.25) is 0 Å². The minimum absolute atomic E-state index is 0.130. The van der Waals surface area contributed by atoms with Crippen LogP contribution in [0.4, 0.5) is 0 Å². The Bertz CT molecular complexity index is 435. The van der Waals surface area contributed by atoms with Crippen molar-refractivity contribution in [2.24, 2.45) is 5.41 Å². The third-order valence-electron chi connectivity index (χ3n) is 3.00. The fraction of sp³-hybridized carbons (Fsp3) is 0.562. The summed E-state index contributed by atoms with van der Waals surface area (Å²) in [6.07, 6.45) is 0.739. The Kier molecular flexibility index (Phi) is 4.40. The second kappa shape index (κ2) is 5.44. The summed E-state index contributed by atoms with van der Waals surface area (Å²) in [5, 5.41) is 8.94. The van der Waals surface area contributed by atoms with Gasteiger partial charge in [-0.25, -0.2) is 0 Å². The Labute approximate surface area is 111 Å². The fourth-order valence-corrected chi connectivity index (χ4v) is 1.53. The first-order valence-electron chi connectivity index (χ1n) is 6.39. The molecule has 0 atom stereocenters. The van der Waals surface area contributed by atoms with Crippen molar-refractivity contribution in [3.63, 3.8) is 0 Å². The van der Waals surface area contributed by atoms with Gasteiger partial charge in [0.15, 0.2) is 0 Å². The third kappa shape index (κ3) is 4.41. The van der Waals surface area contributed by atoms with Gasteiger partial charge in [-0.1, -0.05) is 32.9 Å². The molecule has 2 heteroatoms. The predicted octanol–water partition coefficient (Wildman–Crippen LogP) is 4.30.